The van der Waals surface area contributed by atoms with Crippen LogP contribution >= 0.6 is 0 Å². The fourth-order valence-corrected chi connectivity index (χ4v) is 2.22. The monoisotopic (exact) mass is 261 g/mol. The summed E-state index contributed by atoms with van der Waals surface area (Å²) in [6.07, 6.45) is 2.10. The molecule has 1 aliphatic rings. The van der Waals surface area contributed by atoms with Gasteiger partial charge in [0.2, 0.25) is 5.91 Å². The maximum Gasteiger partial charge on any atom is 0.244 e. The summed E-state index contributed by atoms with van der Waals surface area (Å²) in [5, 5.41) is 11.8. The number of likely N-dealkylation sites (tertiary alicyclic amines) is 1. The van der Waals surface area contributed by atoms with Crippen molar-refractivity contribution in [2.24, 2.45) is 0 Å². The molecular weight excluding hydrogens is 245 g/mol. The average Bonchev–Trinajstić information content (AvgIpc) is 2.94. The fourth-order valence-electron chi connectivity index (χ4n) is 2.22. The van der Waals surface area contributed by atoms with Gasteiger partial charge in [0.25, 0.3) is 0 Å². The molecule has 0 saturated carbocycles. The van der Waals surface area contributed by atoms with Gasteiger partial charge in [-0.2, -0.15) is 5.26 Å². The van der Waals surface area contributed by atoms with Crippen LogP contribution in [0.25, 0.3) is 0 Å². The minimum absolute atomic E-state index is 0.0224. The molecule has 0 bridgehead atoms. The van der Waals surface area contributed by atoms with Gasteiger partial charge in [-0.25, -0.2) is 4.39 Å². The Kier molecular flexibility index (Phi) is 4.00. The third-order valence-corrected chi connectivity index (χ3v) is 3.26. The number of halogens is 1. The normalized spacial score (nSPS) is 15.9. The Labute approximate surface area is 111 Å². The Hall–Kier alpha value is -2.09. The number of nitrogens with one attached hydrogen (secondary N) is 1. The second-order valence-corrected chi connectivity index (χ2v) is 4.70. The van der Waals surface area contributed by atoms with Crippen molar-refractivity contribution in [3.8, 4) is 6.07 Å². The van der Waals surface area contributed by atoms with Crippen LogP contribution in [-0.4, -0.2) is 29.9 Å². The summed E-state index contributed by atoms with van der Waals surface area (Å²) >= 11 is 0. The van der Waals surface area contributed by atoms with Gasteiger partial charge in [-0.3, -0.25) is 4.79 Å². The Morgan fingerprint density at radius 1 is 1.47 bits per heavy atom. The first-order chi connectivity index (χ1) is 9.11. The number of nitrogens with zero attached hydrogens (tertiary/aromatic N) is 2. The van der Waals surface area contributed by atoms with Crippen LogP contribution in [0.2, 0.25) is 0 Å². The van der Waals surface area contributed by atoms with Crippen molar-refractivity contribution in [3.63, 3.8) is 0 Å². The van der Waals surface area contributed by atoms with Crippen molar-refractivity contribution in [3.05, 3.63) is 29.6 Å². The number of amides is 1. The zero-order valence-electron chi connectivity index (χ0n) is 10.8. The van der Waals surface area contributed by atoms with E-state index in [9.17, 15) is 9.18 Å². The maximum absolute atomic E-state index is 13.2. The van der Waals surface area contributed by atoms with E-state index in [2.05, 4.69) is 5.32 Å². The minimum atomic E-state index is -0.549. The predicted octanol–water partition coefficient (Wildman–Crippen LogP) is 2.12. The molecule has 2 rings (SSSR count). The van der Waals surface area contributed by atoms with E-state index in [1.54, 1.807) is 13.0 Å². The van der Waals surface area contributed by atoms with Gasteiger partial charge in [0.05, 0.1) is 5.56 Å². The Balaban J connectivity index is 2.04. The number of carbonyl (C=O) groups excluding carboxylic acids is 1. The van der Waals surface area contributed by atoms with Crippen LogP contribution in [0, 0.1) is 17.1 Å². The van der Waals surface area contributed by atoms with Gasteiger partial charge in [-0.1, -0.05) is 0 Å². The molecule has 0 radical (unpaired) electrons. The van der Waals surface area contributed by atoms with E-state index >= 15 is 0 Å². The first-order valence-electron chi connectivity index (χ1n) is 6.37. The number of anilines is 1. The van der Waals surface area contributed by atoms with Crippen LogP contribution in [-0.2, 0) is 4.79 Å². The number of hydrogen-bond acceptors (Lipinski definition) is 3. The molecule has 1 fully saturated rings. The minimum Gasteiger partial charge on any atom is -0.374 e. The van der Waals surface area contributed by atoms with Crippen LogP contribution < -0.4 is 5.32 Å². The summed E-state index contributed by atoms with van der Waals surface area (Å²) in [7, 11) is 0. The summed E-state index contributed by atoms with van der Waals surface area (Å²) in [6.45, 7) is 3.38. The fraction of sp³-hybridized carbons (Fsp3) is 0.429. The van der Waals surface area contributed by atoms with Crippen molar-refractivity contribution in [2.75, 3.05) is 18.4 Å². The molecule has 1 unspecified atom stereocenters. The van der Waals surface area contributed by atoms with Gasteiger partial charge in [0.1, 0.15) is 17.9 Å². The van der Waals surface area contributed by atoms with Gasteiger partial charge in [-0.15, -0.1) is 0 Å². The number of rotatable bonds is 3. The molecule has 1 aromatic rings. The lowest BCUT2D eigenvalue weighted by molar-refractivity contribution is -0.130. The summed E-state index contributed by atoms with van der Waals surface area (Å²) in [4.78, 5) is 13.9. The van der Waals surface area contributed by atoms with Gasteiger partial charge in [0, 0.05) is 18.8 Å². The highest BCUT2D eigenvalue weighted by atomic mass is 19.1. The number of benzene rings is 1. The lowest BCUT2D eigenvalue weighted by atomic mass is 10.2. The maximum atomic E-state index is 13.2. The molecule has 0 spiro atoms. The second-order valence-electron chi connectivity index (χ2n) is 4.70. The Bertz CT molecular complexity index is 518. The van der Waals surface area contributed by atoms with E-state index in [0.717, 1.165) is 25.9 Å². The predicted molar refractivity (Wildman–Crippen MR) is 70.0 cm³/mol. The van der Waals surface area contributed by atoms with E-state index in [1.165, 1.54) is 18.2 Å². The second kappa shape index (κ2) is 5.70. The van der Waals surface area contributed by atoms with Crippen LogP contribution in [0.3, 0.4) is 0 Å². The molecule has 1 atom stereocenters. The van der Waals surface area contributed by atoms with Crippen molar-refractivity contribution in [1.29, 1.82) is 5.26 Å². The summed E-state index contributed by atoms with van der Waals surface area (Å²) in [6, 6.07) is 5.58. The molecular formula is C14H16FN3O. The van der Waals surface area contributed by atoms with Crippen molar-refractivity contribution >= 4 is 11.6 Å². The van der Waals surface area contributed by atoms with E-state index < -0.39 is 5.82 Å². The molecule has 1 saturated heterocycles. The van der Waals surface area contributed by atoms with Gasteiger partial charge in [0.15, 0.2) is 0 Å². The highest BCUT2D eigenvalue weighted by molar-refractivity contribution is 5.84. The van der Waals surface area contributed by atoms with Crippen LogP contribution in [0.1, 0.15) is 25.3 Å². The van der Waals surface area contributed by atoms with E-state index in [4.69, 9.17) is 5.26 Å². The average molecular weight is 261 g/mol. The molecule has 100 valence electrons. The van der Waals surface area contributed by atoms with Crippen LogP contribution in [0.5, 0.6) is 0 Å². The topological polar surface area (TPSA) is 56.1 Å². The highest BCUT2D eigenvalue weighted by Gasteiger charge is 2.23. The zero-order chi connectivity index (χ0) is 13.8. The zero-order valence-corrected chi connectivity index (χ0v) is 10.8. The molecule has 1 N–H and O–H groups in total. The van der Waals surface area contributed by atoms with Gasteiger partial charge in [-0.05, 0) is 38.0 Å². The highest BCUT2D eigenvalue weighted by Crippen LogP contribution is 2.16. The summed E-state index contributed by atoms with van der Waals surface area (Å²) in [5.41, 5.74) is 0.559. The molecule has 0 aliphatic carbocycles. The number of hydrogen-bond donors (Lipinski definition) is 1. The van der Waals surface area contributed by atoms with Gasteiger partial charge < -0.3 is 10.2 Å². The standard InChI is InChI=1S/C14H16FN3O/c1-10(14(19)18-6-2-3-7-18)17-12-4-5-13(15)11(8-12)9-16/h4-5,8,10,17H,2-3,6-7H2,1H3. The number of carbonyl (C=O) groups is 1. The number of nitriles is 1. The first-order valence-corrected chi connectivity index (χ1v) is 6.37. The van der Waals surface area contributed by atoms with E-state index in [0.29, 0.717) is 5.69 Å². The molecule has 5 heteroatoms. The molecule has 1 heterocycles. The van der Waals surface area contributed by atoms with Crippen LogP contribution in [0.4, 0.5) is 10.1 Å². The summed E-state index contributed by atoms with van der Waals surface area (Å²) < 4.78 is 13.2. The third-order valence-electron chi connectivity index (χ3n) is 3.26. The summed E-state index contributed by atoms with van der Waals surface area (Å²) in [5.74, 6) is -0.507. The Morgan fingerprint density at radius 3 is 2.79 bits per heavy atom. The van der Waals surface area contributed by atoms with Crippen molar-refractivity contribution in [1.82, 2.24) is 4.90 Å². The van der Waals surface area contributed by atoms with Crippen molar-refractivity contribution in [2.45, 2.75) is 25.8 Å². The molecule has 0 aromatic heterocycles. The molecule has 19 heavy (non-hydrogen) atoms. The molecule has 1 aliphatic heterocycles. The Morgan fingerprint density at radius 2 is 2.16 bits per heavy atom. The molecule has 1 amide bonds. The molecule has 4 nitrogen and oxygen atoms in total. The SMILES string of the molecule is CC(Nc1ccc(F)c(C#N)c1)C(=O)N1CCCC1. The third kappa shape index (κ3) is 3.02. The smallest absolute Gasteiger partial charge is 0.244 e. The quantitative estimate of drug-likeness (QED) is 0.906. The van der Waals surface area contributed by atoms with Gasteiger partial charge >= 0.3 is 0 Å². The lowest BCUT2D eigenvalue weighted by Gasteiger charge is -2.22. The van der Waals surface area contributed by atoms with Crippen molar-refractivity contribution < 1.29 is 9.18 Å². The van der Waals surface area contributed by atoms with Crippen LogP contribution in [0.15, 0.2) is 18.2 Å². The lowest BCUT2D eigenvalue weighted by Crippen LogP contribution is -2.39. The van der Waals surface area contributed by atoms with E-state index in [1.807, 2.05) is 4.90 Å². The molecule has 1 aromatic carbocycles. The van der Waals surface area contributed by atoms with E-state index in [-0.39, 0.29) is 17.5 Å². The largest absolute Gasteiger partial charge is 0.374 e. The first kappa shape index (κ1) is 13.3.